The molecule has 0 unspecified atom stereocenters. The summed E-state index contributed by atoms with van der Waals surface area (Å²) in [6.07, 6.45) is -4.93. The van der Waals surface area contributed by atoms with Gasteiger partial charge in [0, 0.05) is 13.1 Å². The predicted molar refractivity (Wildman–Crippen MR) is 45.0 cm³/mol. The SMILES string of the molecule is CN(CCC(F)(F)F)CC(N)=S. The number of rotatable bonds is 4. The Morgan fingerprint density at radius 2 is 2.00 bits per heavy atom. The lowest BCUT2D eigenvalue weighted by Gasteiger charge is -2.16. The van der Waals surface area contributed by atoms with Crippen molar-refractivity contribution in [3.05, 3.63) is 0 Å². The van der Waals surface area contributed by atoms with Gasteiger partial charge in [-0.1, -0.05) is 12.2 Å². The summed E-state index contributed by atoms with van der Waals surface area (Å²) >= 11 is 4.53. The number of halogens is 3. The van der Waals surface area contributed by atoms with E-state index in [1.54, 1.807) is 7.05 Å². The van der Waals surface area contributed by atoms with E-state index in [0.717, 1.165) is 0 Å². The smallest absolute Gasteiger partial charge is 0.390 e. The molecule has 12 heavy (non-hydrogen) atoms. The van der Waals surface area contributed by atoms with Gasteiger partial charge in [-0.15, -0.1) is 0 Å². The zero-order valence-corrected chi connectivity index (χ0v) is 7.50. The lowest BCUT2D eigenvalue weighted by molar-refractivity contribution is -0.136. The molecule has 0 heterocycles. The molecule has 2 nitrogen and oxygen atoms in total. The summed E-state index contributed by atoms with van der Waals surface area (Å²) in [4.78, 5) is 1.65. The van der Waals surface area contributed by atoms with Crippen LogP contribution in [-0.4, -0.2) is 36.2 Å². The molecule has 0 aromatic carbocycles. The molecule has 0 aliphatic rings. The van der Waals surface area contributed by atoms with E-state index >= 15 is 0 Å². The highest BCUT2D eigenvalue weighted by Crippen LogP contribution is 2.19. The molecule has 6 heteroatoms. The summed E-state index contributed by atoms with van der Waals surface area (Å²) in [6.45, 7) is 0.159. The Balaban J connectivity index is 3.57. The lowest BCUT2D eigenvalue weighted by atomic mass is 10.4. The quantitative estimate of drug-likeness (QED) is 0.690. The van der Waals surface area contributed by atoms with Gasteiger partial charge in [-0.25, -0.2) is 0 Å². The molecule has 0 bridgehead atoms. The molecule has 0 amide bonds. The first-order valence-electron chi connectivity index (χ1n) is 3.35. The summed E-state index contributed by atoms with van der Waals surface area (Å²) in [5, 5.41) is 0. The highest BCUT2D eigenvalue weighted by molar-refractivity contribution is 7.80. The van der Waals surface area contributed by atoms with Crippen molar-refractivity contribution in [2.24, 2.45) is 5.73 Å². The average molecular weight is 200 g/mol. The normalized spacial score (nSPS) is 12.1. The first-order valence-corrected chi connectivity index (χ1v) is 3.75. The Morgan fingerprint density at radius 1 is 1.50 bits per heavy atom. The number of nitrogens with zero attached hydrogens (tertiary/aromatic N) is 1. The highest BCUT2D eigenvalue weighted by atomic mass is 32.1. The average Bonchev–Trinajstić information content (AvgIpc) is 1.80. The summed E-state index contributed by atoms with van der Waals surface area (Å²) in [6, 6.07) is 0. The van der Waals surface area contributed by atoms with E-state index in [9.17, 15) is 13.2 Å². The fourth-order valence-corrected chi connectivity index (χ4v) is 0.883. The van der Waals surface area contributed by atoms with Crippen molar-refractivity contribution in [3.8, 4) is 0 Å². The number of alkyl halides is 3. The molecule has 0 spiro atoms. The highest BCUT2D eigenvalue weighted by Gasteiger charge is 2.26. The maximum atomic E-state index is 11.7. The van der Waals surface area contributed by atoms with Crippen LogP contribution in [-0.2, 0) is 0 Å². The Hall–Kier alpha value is -0.360. The minimum Gasteiger partial charge on any atom is -0.392 e. The van der Waals surface area contributed by atoms with Gasteiger partial charge in [-0.05, 0) is 7.05 Å². The third kappa shape index (κ3) is 7.74. The Labute approximate surface area is 74.5 Å². The van der Waals surface area contributed by atoms with Crippen LogP contribution in [0.5, 0.6) is 0 Å². The molecule has 0 rings (SSSR count). The van der Waals surface area contributed by atoms with Crippen LogP contribution in [0.25, 0.3) is 0 Å². The van der Waals surface area contributed by atoms with Crippen LogP contribution in [0.3, 0.4) is 0 Å². The van der Waals surface area contributed by atoms with Crippen molar-refractivity contribution in [2.75, 3.05) is 20.1 Å². The Bertz CT molecular complexity index is 157. The summed E-state index contributed by atoms with van der Waals surface area (Å²) in [5.41, 5.74) is 5.14. The Morgan fingerprint density at radius 3 is 2.33 bits per heavy atom. The fraction of sp³-hybridized carbons (Fsp3) is 0.833. The van der Waals surface area contributed by atoms with Gasteiger partial charge in [0.25, 0.3) is 0 Å². The van der Waals surface area contributed by atoms with Crippen LogP contribution in [0, 0.1) is 0 Å². The largest absolute Gasteiger partial charge is 0.392 e. The molecule has 0 saturated carbocycles. The maximum Gasteiger partial charge on any atom is 0.390 e. The number of thiocarbonyl (C=S) groups is 1. The summed E-state index contributed by atoms with van der Waals surface area (Å²) in [7, 11) is 1.55. The first-order chi connectivity index (χ1) is 5.31. The topological polar surface area (TPSA) is 29.3 Å². The molecular weight excluding hydrogens is 189 g/mol. The van der Waals surface area contributed by atoms with E-state index < -0.39 is 12.6 Å². The molecule has 0 saturated heterocycles. The third-order valence-electron chi connectivity index (χ3n) is 1.20. The monoisotopic (exact) mass is 200 g/mol. The minimum absolute atomic E-state index is 0.0686. The van der Waals surface area contributed by atoms with Crippen molar-refractivity contribution >= 4 is 17.2 Å². The number of hydrogen-bond donors (Lipinski definition) is 1. The van der Waals surface area contributed by atoms with Crippen molar-refractivity contribution in [1.29, 1.82) is 0 Å². The molecule has 0 aliphatic heterocycles. The van der Waals surface area contributed by atoms with Gasteiger partial charge < -0.3 is 5.73 Å². The van der Waals surface area contributed by atoms with Gasteiger partial charge in [0.2, 0.25) is 0 Å². The molecule has 0 fully saturated rings. The van der Waals surface area contributed by atoms with E-state index in [-0.39, 0.29) is 18.1 Å². The van der Waals surface area contributed by atoms with Crippen LogP contribution in [0.1, 0.15) is 6.42 Å². The predicted octanol–water partition coefficient (Wildman–Crippen LogP) is 1.16. The Kier molecular flexibility index (Phi) is 4.47. The van der Waals surface area contributed by atoms with Gasteiger partial charge in [-0.3, -0.25) is 4.90 Å². The van der Waals surface area contributed by atoms with Crippen LogP contribution >= 0.6 is 12.2 Å². The molecule has 0 aromatic heterocycles. The van der Waals surface area contributed by atoms with Gasteiger partial charge >= 0.3 is 6.18 Å². The lowest BCUT2D eigenvalue weighted by Crippen LogP contribution is -2.32. The fourth-order valence-electron chi connectivity index (χ4n) is 0.663. The van der Waals surface area contributed by atoms with Crippen molar-refractivity contribution < 1.29 is 13.2 Å². The second-order valence-electron chi connectivity index (χ2n) is 2.57. The maximum absolute atomic E-state index is 11.7. The van der Waals surface area contributed by atoms with Crippen molar-refractivity contribution in [1.82, 2.24) is 4.90 Å². The number of likely N-dealkylation sites (N-methyl/N-ethyl adjacent to an activating group) is 1. The standard InChI is InChI=1S/C6H11F3N2S/c1-11(4-5(10)12)3-2-6(7,8)9/h2-4H2,1H3,(H2,10,12). The molecule has 0 atom stereocenters. The van der Waals surface area contributed by atoms with Gasteiger partial charge in [0.05, 0.1) is 11.4 Å². The van der Waals surface area contributed by atoms with E-state index in [2.05, 4.69) is 12.2 Å². The van der Waals surface area contributed by atoms with E-state index in [0.29, 0.717) is 0 Å². The second kappa shape index (κ2) is 4.61. The number of hydrogen-bond acceptors (Lipinski definition) is 2. The van der Waals surface area contributed by atoms with Crippen LogP contribution in [0.4, 0.5) is 13.2 Å². The van der Waals surface area contributed by atoms with Crippen LogP contribution in [0.2, 0.25) is 0 Å². The van der Waals surface area contributed by atoms with Gasteiger partial charge in [0.1, 0.15) is 0 Å². The van der Waals surface area contributed by atoms with Crippen molar-refractivity contribution in [3.63, 3.8) is 0 Å². The molecule has 0 aromatic rings. The second-order valence-corrected chi connectivity index (χ2v) is 3.09. The van der Waals surface area contributed by atoms with Crippen molar-refractivity contribution in [2.45, 2.75) is 12.6 Å². The van der Waals surface area contributed by atoms with Crippen LogP contribution < -0.4 is 5.73 Å². The summed E-state index contributed by atoms with van der Waals surface area (Å²) < 4.78 is 35.0. The van der Waals surface area contributed by atoms with E-state index in [1.807, 2.05) is 0 Å². The van der Waals surface area contributed by atoms with Gasteiger partial charge in [-0.2, -0.15) is 13.2 Å². The van der Waals surface area contributed by atoms with E-state index in [4.69, 9.17) is 5.73 Å². The molecule has 0 radical (unpaired) electrons. The molecule has 72 valence electrons. The van der Waals surface area contributed by atoms with Crippen LogP contribution in [0.15, 0.2) is 0 Å². The molecule has 0 aliphatic carbocycles. The number of nitrogens with two attached hydrogens (primary N) is 1. The van der Waals surface area contributed by atoms with Gasteiger partial charge in [0.15, 0.2) is 0 Å². The molecular formula is C6H11F3N2S. The van der Waals surface area contributed by atoms with E-state index in [1.165, 1.54) is 4.90 Å². The molecule has 2 N–H and O–H groups in total. The first kappa shape index (κ1) is 11.6. The zero-order valence-electron chi connectivity index (χ0n) is 6.69. The zero-order chi connectivity index (χ0) is 9.78. The minimum atomic E-state index is -4.11. The third-order valence-corrected chi connectivity index (χ3v) is 1.33. The summed E-state index contributed by atoms with van der Waals surface area (Å²) in [5.74, 6) is 0.